The molecule has 0 aromatic heterocycles. The van der Waals surface area contributed by atoms with E-state index >= 15 is 0 Å². The highest BCUT2D eigenvalue weighted by atomic mass is 15.7. The maximum absolute atomic E-state index is 3.23. The molecule has 2 rings (SSSR count). The van der Waals surface area contributed by atoms with Gasteiger partial charge in [-0.3, -0.25) is 0 Å². The number of nitrogen functional groups attached to an aromatic ring is 1. The number of fused-ring (bicyclic) bond motifs is 1. The van der Waals surface area contributed by atoms with Gasteiger partial charge in [0.2, 0.25) is 0 Å². The summed E-state index contributed by atoms with van der Waals surface area (Å²) >= 11 is 0. The van der Waals surface area contributed by atoms with Crippen LogP contribution in [-0.4, -0.2) is 6.54 Å². The van der Waals surface area contributed by atoms with Gasteiger partial charge in [-0.1, -0.05) is 6.07 Å². The van der Waals surface area contributed by atoms with E-state index in [-0.39, 0.29) is 0 Å². The molecule has 0 aliphatic carbocycles. The molecule has 3 N–H and O–H groups in total. The molecule has 0 saturated heterocycles. The fraction of sp³-hybridized carbons (Fsp3) is 0.333. The van der Waals surface area contributed by atoms with Gasteiger partial charge < -0.3 is 0 Å². The Hall–Kier alpha value is -1.22. The highest BCUT2D eigenvalue weighted by Gasteiger charge is 2.19. The molecule has 64 valence electrons. The third kappa shape index (κ3) is 1.02. The highest BCUT2D eigenvalue weighted by molar-refractivity contribution is 5.70. The zero-order valence-corrected chi connectivity index (χ0v) is 7.46. The van der Waals surface area contributed by atoms with E-state index in [1.54, 1.807) is 0 Å². The first kappa shape index (κ1) is 7.43. The summed E-state index contributed by atoms with van der Waals surface area (Å²) in [5.41, 5.74) is 9.06. The molecule has 1 aromatic rings. The third-order valence-corrected chi connectivity index (χ3v) is 2.18. The number of anilines is 2. The summed E-state index contributed by atoms with van der Waals surface area (Å²) in [5.74, 6) is 0. The van der Waals surface area contributed by atoms with E-state index in [9.17, 15) is 0 Å². The second kappa shape index (κ2) is 2.68. The summed E-state index contributed by atoms with van der Waals surface area (Å²) in [5, 5.41) is 2.21. The van der Waals surface area contributed by atoms with Crippen LogP contribution < -0.4 is 16.0 Å². The van der Waals surface area contributed by atoms with Gasteiger partial charge in [0, 0.05) is 0 Å². The van der Waals surface area contributed by atoms with Crippen molar-refractivity contribution in [3.8, 4) is 0 Å². The number of hydrogen-bond acceptors (Lipinski definition) is 2. The van der Waals surface area contributed by atoms with Gasteiger partial charge in [-0.2, -0.15) is 0 Å². The fourth-order valence-corrected chi connectivity index (χ4v) is 1.48. The molecule has 0 fully saturated rings. The Balaban J connectivity index is 2.42. The normalized spacial score (nSPS) is 14.3. The number of rotatable bonds is 1. The predicted octanol–water partition coefficient (Wildman–Crippen LogP) is 0.640. The van der Waals surface area contributed by atoms with Crippen molar-refractivity contribution in [3.63, 3.8) is 0 Å². The van der Waals surface area contributed by atoms with Crippen LogP contribution in [0.3, 0.4) is 0 Å². The maximum atomic E-state index is 3.23. The summed E-state index contributed by atoms with van der Waals surface area (Å²) < 4.78 is 0. The highest BCUT2D eigenvalue weighted by Crippen LogP contribution is 2.26. The summed E-state index contributed by atoms with van der Waals surface area (Å²) in [6.45, 7) is 5.28. The summed E-state index contributed by atoms with van der Waals surface area (Å²) in [7, 11) is 0. The van der Waals surface area contributed by atoms with E-state index in [0.717, 1.165) is 6.54 Å². The third-order valence-electron chi connectivity index (χ3n) is 2.18. The van der Waals surface area contributed by atoms with Crippen molar-refractivity contribution in [1.82, 2.24) is 0 Å². The van der Waals surface area contributed by atoms with Crippen LogP contribution in [-0.2, 0) is 0 Å². The number of nitrogens with one attached hydrogen (secondary N) is 1. The molecule has 0 unspecified atom stereocenters. The van der Waals surface area contributed by atoms with Gasteiger partial charge in [0.05, 0.1) is 6.54 Å². The zero-order valence-electron chi connectivity index (χ0n) is 7.46. The Kier molecular flexibility index (Phi) is 1.66. The summed E-state index contributed by atoms with van der Waals surface area (Å²) in [4.78, 5) is 0. The average Bonchev–Trinajstić information content (AvgIpc) is 2.46. The molecule has 0 spiro atoms. The van der Waals surface area contributed by atoms with Gasteiger partial charge in [-0.25, -0.2) is 10.4 Å². The van der Waals surface area contributed by atoms with Crippen LogP contribution >= 0.6 is 0 Å². The van der Waals surface area contributed by atoms with Gasteiger partial charge >= 0.3 is 0 Å². The van der Waals surface area contributed by atoms with Crippen molar-refractivity contribution in [3.05, 3.63) is 23.8 Å². The molecule has 1 heterocycles. The monoisotopic (exact) mass is 164 g/mol. The standard InChI is InChI=1S/C9H13N3/c1-3-12-9-6-7(2)4-5-8(9)10-11-12/h4-6,10-11H,3H2,1-2H3/p+1. The molecule has 0 amide bonds. The quantitative estimate of drug-likeness (QED) is 0.597. The molecule has 1 aromatic carbocycles. The molecule has 3 nitrogen and oxygen atoms in total. The van der Waals surface area contributed by atoms with Crippen LogP contribution in [0.1, 0.15) is 12.5 Å². The van der Waals surface area contributed by atoms with Crippen LogP contribution in [0.4, 0.5) is 11.4 Å². The van der Waals surface area contributed by atoms with E-state index in [1.807, 2.05) is 5.53 Å². The number of hydrogen-bond donors (Lipinski definition) is 2. The second-order valence-corrected chi connectivity index (χ2v) is 3.08. The lowest BCUT2D eigenvalue weighted by atomic mass is 10.2. The molecule has 0 saturated carbocycles. The van der Waals surface area contributed by atoms with Crippen LogP contribution in [0.2, 0.25) is 0 Å². The van der Waals surface area contributed by atoms with Gasteiger partial charge in [0.25, 0.3) is 0 Å². The molecular formula is C9H14N3+. The number of quaternary nitrogens is 1. The van der Waals surface area contributed by atoms with E-state index in [0.29, 0.717) is 0 Å². The minimum atomic E-state index is 1.02. The van der Waals surface area contributed by atoms with Crippen LogP contribution in [0.25, 0.3) is 0 Å². The average molecular weight is 164 g/mol. The minimum Gasteiger partial charge on any atom is -0.213 e. The second-order valence-electron chi connectivity index (χ2n) is 3.08. The maximum Gasteiger partial charge on any atom is 0.119 e. The lowest BCUT2D eigenvalue weighted by Gasteiger charge is -2.09. The smallest absolute Gasteiger partial charge is 0.119 e. The molecule has 1 aliphatic heterocycles. The molecule has 12 heavy (non-hydrogen) atoms. The molecule has 0 atom stereocenters. The molecular weight excluding hydrogens is 150 g/mol. The van der Waals surface area contributed by atoms with Crippen molar-refractivity contribution in [2.75, 3.05) is 17.0 Å². The molecule has 1 aliphatic rings. The lowest BCUT2D eigenvalue weighted by Crippen LogP contribution is -2.95. The van der Waals surface area contributed by atoms with Crippen LogP contribution in [0.5, 0.6) is 0 Å². The first-order valence-electron chi connectivity index (χ1n) is 4.28. The Labute approximate surface area is 72.3 Å². The number of nitrogens with two attached hydrogens (primary N) is 1. The minimum absolute atomic E-state index is 1.02. The predicted molar refractivity (Wildman–Crippen MR) is 49.7 cm³/mol. The zero-order chi connectivity index (χ0) is 8.55. The van der Waals surface area contributed by atoms with Crippen molar-refractivity contribution < 1.29 is 5.53 Å². The Morgan fingerprint density at radius 2 is 2.33 bits per heavy atom. The van der Waals surface area contributed by atoms with Crippen molar-refractivity contribution >= 4 is 11.4 Å². The van der Waals surface area contributed by atoms with Crippen LogP contribution in [0.15, 0.2) is 18.2 Å². The molecule has 0 radical (unpaired) electrons. The number of benzene rings is 1. The van der Waals surface area contributed by atoms with Crippen molar-refractivity contribution in [2.45, 2.75) is 13.8 Å². The van der Waals surface area contributed by atoms with Crippen molar-refractivity contribution in [1.29, 1.82) is 0 Å². The molecule has 0 bridgehead atoms. The first-order valence-corrected chi connectivity index (χ1v) is 4.28. The van der Waals surface area contributed by atoms with E-state index in [1.165, 1.54) is 16.9 Å². The van der Waals surface area contributed by atoms with Gasteiger partial charge in [-0.05, 0) is 31.5 Å². The van der Waals surface area contributed by atoms with Crippen molar-refractivity contribution in [2.24, 2.45) is 0 Å². The fourth-order valence-electron chi connectivity index (χ4n) is 1.48. The van der Waals surface area contributed by atoms with Gasteiger partial charge in [0.1, 0.15) is 11.4 Å². The van der Waals surface area contributed by atoms with E-state index in [4.69, 9.17) is 0 Å². The van der Waals surface area contributed by atoms with Gasteiger partial charge in [0.15, 0.2) is 0 Å². The Morgan fingerprint density at radius 3 is 3.08 bits per heavy atom. The topological polar surface area (TPSA) is 31.9 Å². The SMILES string of the molecule is CCN1[NH2+]Nc2ccc(C)cc21. The lowest BCUT2D eigenvalue weighted by molar-refractivity contribution is -0.631. The summed E-state index contributed by atoms with van der Waals surface area (Å²) in [6, 6.07) is 6.45. The summed E-state index contributed by atoms with van der Waals surface area (Å²) in [6.07, 6.45) is 0. The Morgan fingerprint density at radius 1 is 1.50 bits per heavy atom. The number of nitrogens with zero attached hydrogens (tertiary/aromatic N) is 1. The Bertz CT molecular complexity index is 296. The first-order chi connectivity index (χ1) is 5.81. The van der Waals surface area contributed by atoms with E-state index in [2.05, 4.69) is 42.5 Å². The number of aryl methyl sites for hydroxylation is 1. The van der Waals surface area contributed by atoms with E-state index < -0.39 is 0 Å². The largest absolute Gasteiger partial charge is 0.213 e. The van der Waals surface area contributed by atoms with Crippen LogP contribution in [0, 0.1) is 6.92 Å². The van der Waals surface area contributed by atoms with Gasteiger partial charge in [-0.15, -0.1) is 5.53 Å². The molecule has 3 heteroatoms.